The summed E-state index contributed by atoms with van der Waals surface area (Å²) in [6, 6.07) is 0. The maximum absolute atomic E-state index is 12.3. The summed E-state index contributed by atoms with van der Waals surface area (Å²) in [5.74, 6) is 0.468. The monoisotopic (exact) mass is 518 g/mol. The van der Waals surface area contributed by atoms with Crippen LogP contribution in [0.1, 0.15) is 92.4 Å². The highest BCUT2D eigenvalue weighted by Crippen LogP contribution is 2.71. The first-order chi connectivity index (χ1) is 17.4. The SMILES string of the molecule is CC(=O)OC[C@@]1(C)CCC[C@@]2(C)C1CC[C@]1(C)C2CC[C@@H]2[C@H]3O[C@@H]4OC(=O)C[C@@]4(O3)[C@H](OC(C)=O)C[C@H]21. The molecular formula is C29H42O8. The Morgan fingerprint density at radius 3 is 2.49 bits per heavy atom. The fourth-order valence-corrected chi connectivity index (χ4v) is 10.3. The van der Waals surface area contributed by atoms with E-state index in [9.17, 15) is 14.4 Å². The third-order valence-corrected chi connectivity index (χ3v) is 11.7. The van der Waals surface area contributed by atoms with Crippen molar-refractivity contribution in [3.05, 3.63) is 0 Å². The van der Waals surface area contributed by atoms with E-state index in [4.69, 9.17) is 23.7 Å². The molecule has 8 heteroatoms. The highest BCUT2D eigenvalue weighted by molar-refractivity contribution is 5.74. The molecule has 2 unspecified atom stereocenters. The van der Waals surface area contributed by atoms with Gasteiger partial charge < -0.3 is 23.7 Å². The van der Waals surface area contributed by atoms with Gasteiger partial charge in [0.1, 0.15) is 6.10 Å². The van der Waals surface area contributed by atoms with Crippen LogP contribution in [0.3, 0.4) is 0 Å². The molecule has 0 radical (unpaired) electrons. The van der Waals surface area contributed by atoms with Gasteiger partial charge in [-0.15, -0.1) is 0 Å². The first-order valence-electron chi connectivity index (χ1n) is 14.2. The van der Waals surface area contributed by atoms with Gasteiger partial charge in [0.05, 0.1) is 13.0 Å². The van der Waals surface area contributed by atoms with Gasteiger partial charge in [-0.05, 0) is 73.5 Å². The predicted molar refractivity (Wildman–Crippen MR) is 131 cm³/mol. The van der Waals surface area contributed by atoms with Crippen LogP contribution in [0.15, 0.2) is 0 Å². The standard InChI is InChI=1S/C29H42O8/c1-16(30)33-15-26(3)10-6-11-28(5)20(26)9-12-27(4)19-13-22(34-17(2)31)29-14-23(32)35-25(29)36-24(37-29)18(19)7-8-21(27)28/h18-22,24-25H,6-15H2,1-5H3/t18-,19+,20?,21?,22+,24-,25-,26+,27-,28-,29+/m0/s1. The van der Waals surface area contributed by atoms with Crippen molar-refractivity contribution in [3.8, 4) is 0 Å². The summed E-state index contributed by atoms with van der Waals surface area (Å²) >= 11 is 0. The molecule has 2 bridgehead atoms. The van der Waals surface area contributed by atoms with Crippen molar-refractivity contribution in [1.82, 2.24) is 0 Å². The Hall–Kier alpha value is -1.67. The van der Waals surface area contributed by atoms with Gasteiger partial charge >= 0.3 is 17.9 Å². The van der Waals surface area contributed by atoms with E-state index in [1.807, 2.05) is 0 Å². The van der Waals surface area contributed by atoms with E-state index < -0.39 is 24.3 Å². The zero-order chi connectivity index (χ0) is 26.4. The maximum atomic E-state index is 12.3. The number of fused-ring (bicyclic) bond motifs is 7. The second kappa shape index (κ2) is 8.41. The second-order valence-electron chi connectivity index (χ2n) is 13.7. The molecule has 3 aliphatic carbocycles. The van der Waals surface area contributed by atoms with E-state index >= 15 is 0 Å². The van der Waals surface area contributed by atoms with E-state index in [0.717, 1.165) is 38.5 Å². The van der Waals surface area contributed by atoms with Crippen molar-refractivity contribution < 1.29 is 38.1 Å². The summed E-state index contributed by atoms with van der Waals surface area (Å²) in [7, 11) is 0. The highest BCUT2D eigenvalue weighted by Gasteiger charge is 2.71. The van der Waals surface area contributed by atoms with Gasteiger partial charge in [-0.25, -0.2) is 0 Å². The van der Waals surface area contributed by atoms with Crippen molar-refractivity contribution >= 4 is 17.9 Å². The molecular weight excluding hydrogens is 476 g/mol. The number of carbonyl (C=O) groups is 3. The molecule has 3 heterocycles. The average Bonchev–Trinajstić information content (AvgIpc) is 3.26. The van der Waals surface area contributed by atoms with Gasteiger partial charge in [0, 0.05) is 25.2 Å². The quantitative estimate of drug-likeness (QED) is 0.397. The lowest BCUT2D eigenvalue weighted by atomic mass is 9.38. The number of hydrogen-bond donors (Lipinski definition) is 0. The molecule has 6 rings (SSSR count). The summed E-state index contributed by atoms with van der Waals surface area (Å²) in [5, 5.41) is 0. The molecule has 0 N–H and O–H groups in total. The molecule has 3 saturated heterocycles. The van der Waals surface area contributed by atoms with Crippen LogP contribution in [-0.2, 0) is 38.1 Å². The van der Waals surface area contributed by atoms with Crippen LogP contribution < -0.4 is 0 Å². The van der Waals surface area contributed by atoms with E-state index in [1.54, 1.807) is 0 Å². The van der Waals surface area contributed by atoms with Gasteiger partial charge in [0.25, 0.3) is 0 Å². The summed E-state index contributed by atoms with van der Waals surface area (Å²) in [6.45, 7) is 10.7. The lowest BCUT2D eigenvalue weighted by molar-refractivity contribution is -0.226. The third-order valence-electron chi connectivity index (χ3n) is 11.7. The van der Waals surface area contributed by atoms with E-state index in [1.165, 1.54) is 20.3 Å². The average molecular weight is 519 g/mol. The van der Waals surface area contributed by atoms with Crippen LogP contribution in [0.25, 0.3) is 0 Å². The van der Waals surface area contributed by atoms with Crippen molar-refractivity contribution in [2.45, 2.75) is 117 Å². The summed E-state index contributed by atoms with van der Waals surface area (Å²) in [4.78, 5) is 36.2. The normalized spacial score (nSPS) is 52.0. The first-order valence-corrected chi connectivity index (χ1v) is 14.2. The number of rotatable bonds is 3. The summed E-state index contributed by atoms with van der Waals surface area (Å²) in [5.41, 5.74) is -0.897. The molecule has 0 aromatic rings. The minimum atomic E-state index is -1.05. The number of hydrogen-bond acceptors (Lipinski definition) is 8. The summed E-state index contributed by atoms with van der Waals surface area (Å²) < 4.78 is 29.9. The van der Waals surface area contributed by atoms with Crippen LogP contribution in [0.5, 0.6) is 0 Å². The fourth-order valence-electron chi connectivity index (χ4n) is 10.3. The molecule has 206 valence electrons. The van der Waals surface area contributed by atoms with E-state index in [2.05, 4.69) is 20.8 Å². The van der Waals surface area contributed by atoms with Gasteiger partial charge in [0.2, 0.25) is 6.29 Å². The summed E-state index contributed by atoms with van der Waals surface area (Å²) in [6.07, 6.45) is 6.51. The molecule has 8 nitrogen and oxygen atoms in total. The largest absolute Gasteiger partial charge is 0.465 e. The van der Waals surface area contributed by atoms with Gasteiger partial charge in [-0.2, -0.15) is 0 Å². The molecule has 0 aromatic carbocycles. The zero-order valence-electron chi connectivity index (χ0n) is 22.9. The van der Waals surface area contributed by atoms with Crippen LogP contribution in [-0.4, -0.2) is 48.8 Å². The highest BCUT2D eigenvalue weighted by atomic mass is 16.8. The van der Waals surface area contributed by atoms with Gasteiger partial charge in [0.15, 0.2) is 11.9 Å². The Morgan fingerprint density at radius 1 is 0.973 bits per heavy atom. The van der Waals surface area contributed by atoms with Gasteiger partial charge in [-0.3, -0.25) is 14.4 Å². The minimum absolute atomic E-state index is 0.0143. The molecule has 3 saturated carbocycles. The molecule has 1 spiro atoms. The van der Waals surface area contributed by atoms with E-state index in [0.29, 0.717) is 24.9 Å². The smallest absolute Gasteiger partial charge is 0.311 e. The van der Waals surface area contributed by atoms with Crippen molar-refractivity contribution in [2.24, 2.45) is 39.9 Å². The maximum Gasteiger partial charge on any atom is 0.311 e. The molecule has 6 aliphatic rings. The number of carbonyl (C=O) groups excluding carboxylic acids is 3. The third kappa shape index (κ3) is 3.64. The Bertz CT molecular complexity index is 996. The molecule has 11 atom stereocenters. The molecule has 0 aromatic heterocycles. The van der Waals surface area contributed by atoms with Crippen LogP contribution in [0.2, 0.25) is 0 Å². The van der Waals surface area contributed by atoms with Crippen LogP contribution in [0.4, 0.5) is 0 Å². The lowest BCUT2D eigenvalue weighted by Crippen LogP contribution is -2.61. The zero-order valence-corrected chi connectivity index (χ0v) is 22.9. The predicted octanol–water partition coefficient (Wildman–Crippen LogP) is 4.52. The number of esters is 3. The Labute approximate surface area is 219 Å². The molecule has 0 amide bonds. The Balaban J connectivity index is 1.34. The first kappa shape index (κ1) is 25.6. The fraction of sp³-hybridized carbons (Fsp3) is 0.897. The van der Waals surface area contributed by atoms with Crippen LogP contribution >= 0.6 is 0 Å². The topological polar surface area (TPSA) is 97.4 Å². The number of ether oxygens (including phenoxy) is 5. The minimum Gasteiger partial charge on any atom is -0.465 e. The van der Waals surface area contributed by atoms with E-state index in [-0.39, 0.29) is 52.4 Å². The van der Waals surface area contributed by atoms with Crippen molar-refractivity contribution in [3.63, 3.8) is 0 Å². The van der Waals surface area contributed by atoms with Crippen molar-refractivity contribution in [2.75, 3.05) is 6.61 Å². The Kier molecular flexibility index (Phi) is 5.82. The Morgan fingerprint density at radius 2 is 1.76 bits per heavy atom. The second-order valence-corrected chi connectivity index (χ2v) is 13.7. The van der Waals surface area contributed by atoms with Crippen molar-refractivity contribution in [1.29, 1.82) is 0 Å². The lowest BCUT2D eigenvalue weighted by Gasteiger charge is -2.67. The van der Waals surface area contributed by atoms with Gasteiger partial charge in [-0.1, -0.05) is 27.2 Å². The molecule has 6 fully saturated rings. The van der Waals surface area contributed by atoms with Crippen LogP contribution in [0, 0.1) is 39.9 Å². The molecule has 3 aliphatic heterocycles. The molecule has 37 heavy (non-hydrogen) atoms.